The molecule has 0 spiro atoms. The molecule has 1 amide bonds. The molecule has 0 aliphatic carbocycles. The Kier molecular flexibility index (Phi) is 5.36. The van der Waals surface area contributed by atoms with Crippen LogP contribution in [0.4, 0.5) is 0 Å². The van der Waals surface area contributed by atoms with Gasteiger partial charge in [0.2, 0.25) is 5.91 Å². The van der Waals surface area contributed by atoms with Gasteiger partial charge in [-0.15, -0.1) is 0 Å². The zero-order chi connectivity index (χ0) is 13.7. The summed E-state index contributed by atoms with van der Waals surface area (Å²) >= 11 is 3.44. The van der Waals surface area contributed by atoms with E-state index < -0.39 is 0 Å². The summed E-state index contributed by atoms with van der Waals surface area (Å²) in [6.45, 7) is 4.28. The van der Waals surface area contributed by atoms with Crippen molar-refractivity contribution in [3.8, 4) is 0 Å². The molecule has 1 heterocycles. The monoisotopic (exact) mass is 326 g/mol. The number of rotatable bonds is 4. The smallest absolute Gasteiger partial charge is 0.223 e. The number of carbonyl (C=O) groups is 1. The predicted octanol–water partition coefficient (Wildman–Crippen LogP) is 2.00. The Bertz CT molecular complexity index is 433. The lowest BCUT2D eigenvalue weighted by Crippen LogP contribution is -2.41. The molecule has 1 fully saturated rings. The molecule has 104 valence electrons. The summed E-state index contributed by atoms with van der Waals surface area (Å²) in [7, 11) is 0. The molecule has 0 bridgehead atoms. The zero-order valence-electron chi connectivity index (χ0n) is 11.0. The van der Waals surface area contributed by atoms with Gasteiger partial charge in [0.1, 0.15) is 0 Å². The van der Waals surface area contributed by atoms with E-state index in [0.717, 1.165) is 23.1 Å². The Morgan fingerprint density at radius 2 is 2.47 bits per heavy atom. The lowest BCUT2D eigenvalue weighted by molar-refractivity contribution is -0.125. The van der Waals surface area contributed by atoms with E-state index in [1.807, 2.05) is 31.2 Å². The van der Waals surface area contributed by atoms with Crippen molar-refractivity contribution < 1.29 is 9.53 Å². The van der Waals surface area contributed by atoms with Gasteiger partial charge >= 0.3 is 0 Å². The van der Waals surface area contributed by atoms with E-state index in [1.165, 1.54) is 0 Å². The number of carbonyl (C=O) groups excluding carboxylic acids is 1. The van der Waals surface area contributed by atoms with Crippen molar-refractivity contribution >= 4 is 21.8 Å². The van der Waals surface area contributed by atoms with Crippen LogP contribution in [0.2, 0.25) is 0 Å². The first-order chi connectivity index (χ1) is 9.15. The van der Waals surface area contributed by atoms with Crippen LogP contribution in [0.1, 0.15) is 24.9 Å². The van der Waals surface area contributed by atoms with E-state index in [2.05, 4.69) is 26.6 Å². The normalized spacial score (nSPS) is 20.8. The molecule has 1 aliphatic heterocycles. The number of halogens is 1. The van der Waals surface area contributed by atoms with Crippen LogP contribution in [0, 0.1) is 0 Å². The van der Waals surface area contributed by atoms with Crippen molar-refractivity contribution in [2.24, 2.45) is 0 Å². The van der Waals surface area contributed by atoms with Gasteiger partial charge in [0.25, 0.3) is 0 Å². The topological polar surface area (TPSA) is 50.4 Å². The average Bonchev–Trinajstić information content (AvgIpc) is 2.39. The summed E-state index contributed by atoms with van der Waals surface area (Å²) < 4.78 is 6.54. The number of benzene rings is 1. The molecule has 2 atom stereocenters. The van der Waals surface area contributed by atoms with E-state index in [0.29, 0.717) is 13.0 Å². The van der Waals surface area contributed by atoms with Crippen molar-refractivity contribution in [1.82, 2.24) is 10.6 Å². The van der Waals surface area contributed by atoms with Gasteiger partial charge in [0.05, 0.1) is 25.2 Å². The van der Waals surface area contributed by atoms with Crippen LogP contribution in [0.3, 0.4) is 0 Å². The third kappa shape index (κ3) is 4.60. The Balaban J connectivity index is 1.84. The Hall–Kier alpha value is -0.910. The second-order valence-electron chi connectivity index (χ2n) is 4.75. The van der Waals surface area contributed by atoms with Crippen molar-refractivity contribution in [3.05, 3.63) is 34.3 Å². The minimum absolute atomic E-state index is 0.00143. The number of nitrogens with one attached hydrogen (secondary N) is 2. The summed E-state index contributed by atoms with van der Waals surface area (Å²) in [5.41, 5.74) is 1.09. The minimum Gasteiger partial charge on any atom is -0.375 e. The highest BCUT2D eigenvalue weighted by atomic mass is 79.9. The number of amides is 1. The molecule has 1 saturated heterocycles. The molecule has 4 nitrogen and oxygen atoms in total. The number of morpholine rings is 1. The first kappa shape index (κ1) is 14.5. The molecule has 19 heavy (non-hydrogen) atoms. The maximum Gasteiger partial charge on any atom is 0.223 e. The molecule has 1 aromatic rings. The molecule has 1 aromatic carbocycles. The summed E-state index contributed by atoms with van der Waals surface area (Å²) in [5.74, 6) is 0.0289. The van der Waals surface area contributed by atoms with Crippen LogP contribution in [-0.2, 0) is 9.53 Å². The SMILES string of the molecule is CC(NC(=O)CC1CNCCO1)c1cccc(Br)c1. The van der Waals surface area contributed by atoms with Gasteiger partial charge in [-0.2, -0.15) is 0 Å². The molecule has 0 radical (unpaired) electrons. The summed E-state index contributed by atoms with van der Waals surface area (Å²) in [6.07, 6.45) is 0.397. The lowest BCUT2D eigenvalue weighted by atomic mass is 10.1. The molecule has 1 aliphatic rings. The summed E-state index contributed by atoms with van der Waals surface area (Å²) in [5, 5.41) is 6.22. The van der Waals surface area contributed by atoms with Crippen LogP contribution < -0.4 is 10.6 Å². The molecular formula is C14H19BrN2O2. The third-order valence-electron chi connectivity index (χ3n) is 3.14. The molecule has 0 saturated carbocycles. The fourth-order valence-corrected chi connectivity index (χ4v) is 2.53. The Labute approximate surface area is 122 Å². The maximum absolute atomic E-state index is 11.9. The Morgan fingerprint density at radius 1 is 1.63 bits per heavy atom. The van der Waals surface area contributed by atoms with E-state index in [1.54, 1.807) is 0 Å². The lowest BCUT2D eigenvalue weighted by Gasteiger charge is -2.24. The van der Waals surface area contributed by atoms with Gasteiger partial charge < -0.3 is 15.4 Å². The molecule has 2 unspecified atom stereocenters. The molecule has 2 N–H and O–H groups in total. The molecular weight excluding hydrogens is 308 g/mol. The van der Waals surface area contributed by atoms with Gasteiger partial charge in [0.15, 0.2) is 0 Å². The van der Waals surface area contributed by atoms with Gasteiger partial charge in [-0.05, 0) is 24.6 Å². The maximum atomic E-state index is 11.9. The largest absolute Gasteiger partial charge is 0.375 e. The molecule has 2 rings (SSSR count). The van der Waals surface area contributed by atoms with Crippen molar-refractivity contribution in [2.75, 3.05) is 19.7 Å². The van der Waals surface area contributed by atoms with Crippen molar-refractivity contribution in [2.45, 2.75) is 25.5 Å². The second-order valence-corrected chi connectivity index (χ2v) is 5.66. The van der Waals surface area contributed by atoms with Crippen LogP contribution >= 0.6 is 15.9 Å². The third-order valence-corrected chi connectivity index (χ3v) is 3.64. The predicted molar refractivity (Wildman–Crippen MR) is 77.9 cm³/mol. The number of ether oxygens (including phenoxy) is 1. The van der Waals surface area contributed by atoms with Gasteiger partial charge in [-0.25, -0.2) is 0 Å². The second kappa shape index (κ2) is 7.03. The minimum atomic E-state index is -0.0107. The highest BCUT2D eigenvalue weighted by molar-refractivity contribution is 9.10. The summed E-state index contributed by atoms with van der Waals surface area (Å²) in [4.78, 5) is 11.9. The quantitative estimate of drug-likeness (QED) is 0.889. The van der Waals surface area contributed by atoms with Gasteiger partial charge in [0, 0.05) is 17.6 Å². The highest BCUT2D eigenvalue weighted by Gasteiger charge is 2.18. The van der Waals surface area contributed by atoms with Crippen molar-refractivity contribution in [3.63, 3.8) is 0 Å². The first-order valence-electron chi connectivity index (χ1n) is 6.52. The molecule has 5 heteroatoms. The van der Waals surface area contributed by atoms with E-state index >= 15 is 0 Å². The average molecular weight is 327 g/mol. The van der Waals surface area contributed by atoms with Crippen LogP contribution in [0.5, 0.6) is 0 Å². The number of hydrogen-bond donors (Lipinski definition) is 2. The van der Waals surface area contributed by atoms with Crippen LogP contribution in [-0.4, -0.2) is 31.7 Å². The summed E-state index contributed by atoms with van der Waals surface area (Å²) in [6, 6.07) is 7.97. The standard InChI is InChI=1S/C14H19BrN2O2/c1-10(11-3-2-4-12(15)7-11)17-14(18)8-13-9-16-5-6-19-13/h2-4,7,10,13,16H,5-6,8-9H2,1H3,(H,17,18). The van der Waals surface area contributed by atoms with Crippen molar-refractivity contribution in [1.29, 1.82) is 0 Å². The first-order valence-corrected chi connectivity index (χ1v) is 7.31. The Morgan fingerprint density at radius 3 is 3.16 bits per heavy atom. The zero-order valence-corrected chi connectivity index (χ0v) is 12.6. The fourth-order valence-electron chi connectivity index (χ4n) is 2.12. The van der Waals surface area contributed by atoms with Crippen LogP contribution in [0.15, 0.2) is 28.7 Å². The van der Waals surface area contributed by atoms with E-state index in [9.17, 15) is 4.79 Å². The molecule has 0 aromatic heterocycles. The fraction of sp³-hybridized carbons (Fsp3) is 0.500. The number of hydrogen-bond acceptors (Lipinski definition) is 3. The van der Waals surface area contributed by atoms with E-state index in [4.69, 9.17) is 4.74 Å². The van der Waals surface area contributed by atoms with Gasteiger partial charge in [-0.3, -0.25) is 4.79 Å². The highest BCUT2D eigenvalue weighted by Crippen LogP contribution is 2.18. The van der Waals surface area contributed by atoms with Crippen LogP contribution in [0.25, 0.3) is 0 Å². The van der Waals surface area contributed by atoms with Gasteiger partial charge in [-0.1, -0.05) is 28.1 Å². The van der Waals surface area contributed by atoms with E-state index in [-0.39, 0.29) is 18.1 Å².